The van der Waals surface area contributed by atoms with E-state index in [0.29, 0.717) is 4.75 Å². The van der Waals surface area contributed by atoms with E-state index in [0.717, 1.165) is 38.2 Å². The molecule has 2 aliphatic rings. The third-order valence-corrected chi connectivity index (χ3v) is 6.44. The van der Waals surface area contributed by atoms with Gasteiger partial charge in [-0.25, -0.2) is 0 Å². The molecule has 1 atom stereocenters. The van der Waals surface area contributed by atoms with Crippen LogP contribution in [0, 0.1) is 0 Å². The average molecular weight is 454 g/mol. The van der Waals surface area contributed by atoms with Crippen molar-refractivity contribution < 1.29 is 0 Å². The highest BCUT2D eigenvalue weighted by Gasteiger charge is 2.29. The zero-order chi connectivity index (χ0) is 15.8. The molecule has 1 unspecified atom stereocenters. The Bertz CT molecular complexity index is 353. The molecule has 2 rings (SSSR count). The molecule has 0 aromatic carbocycles. The monoisotopic (exact) mass is 454 g/mol. The van der Waals surface area contributed by atoms with Gasteiger partial charge in [0.25, 0.3) is 0 Å². The fraction of sp³-hybridized carbons (Fsp3) is 0.941. The van der Waals surface area contributed by atoms with Crippen LogP contribution in [-0.4, -0.2) is 60.6 Å². The fourth-order valence-electron chi connectivity index (χ4n) is 3.43. The zero-order valence-electron chi connectivity index (χ0n) is 15.1. The SMILES string of the molecule is CCNC(=NCC1(C)CCCS1)NCCN(C)C1CCCC1.I. The Kier molecular flexibility index (Phi) is 10.2. The van der Waals surface area contributed by atoms with Crippen LogP contribution >= 0.6 is 35.7 Å². The molecule has 1 heterocycles. The summed E-state index contributed by atoms with van der Waals surface area (Å²) < 4.78 is 0.350. The van der Waals surface area contributed by atoms with Crippen LogP contribution in [0.4, 0.5) is 0 Å². The number of nitrogens with zero attached hydrogens (tertiary/aromatic N) is 2. The minimum absolute atomic E-state index is 0. The van der Waals surface area contributed by atoms with Crippen molar-refractivity contribution in [2.45, 2.75) is 63.2 Å². The normalized spacial score (nSPS) is 25.7. The van der Waals surface area contributed by atoms with Gasteiger partial charge in [0, 0.05) is 30.4 Å². The Balaban J connectivity index is 0.00000264. The van der Waals surface area contributed by atoms with Crippen molar-refractivity contribution in [3.05, 3.63) is 0 Å². The zero-order valence-corrected chi connectivity index (χ0v) is 18.2. The Labute approximate surface area is 164 Å². The van der Waals surface area contributed by atoms with Crippen molar-refractivity contribution in [2.24, 2.45) is 4.99 Å². The molecule has 2 fully saturated rings. The molecule has 1 saturated carbocycles. The van der Waals surface area contributed by atoms with E-state index in [9.17, 15) is 0 Å². The molecule has 0 aromatic rings. The van der Waals surface area contributed by atoms with Crippen LogP contribution in [0.15, 0.2) is 4.99 Å². The third kappa shape index (κ3) is 7.38. The summed E-state index contributed by atoms with van der Waals surface area (Å²) >= 11 is 2.08. The molecule has 1 aliphatic carbocycles. The first-order valence-corrected chi connectivity index (χ1v) is 9.98. The number of halogens is 1. The molecule has 1 saturated heterocycles. The minimum atomic E-state index is 0. The Morgan fingerprint density at radius 2 is 2.00 bits per heavy atom. The summed E-state index contributed by atoms with van der Waals surface area (Å²) in [5, 5.41) is 6.88. The minimum Gasteiger partial charge on any atom is -0.357 e. The second kappa shape index (κ2) is 11.0. The molecule has 1 aliphatic heterocycles. The number of nitrogens with one attached hydrogen (secondary N) is 2. The van der Waals surface area contributed by atoms with E-state index < -0.39 is 0 Å². The van der Waals surface area contributed by atoms with Gasteiger partial charge >= 0.3 is 0 Å². The molecule has 0 bridgehead atoms. The number of thioether (sulfide) groups is 1. The highest BCUT2D eigenvalue weighted by Crippen LogP contribution is 2.37. The molecule has 136 valence electrons. The number of rotatable bonds is 7. The van der Waals surface area contributed by atoms with Crippen LogP contribution in [-0.2, 0) is 0 Å². The van der Waals surface area contributed by atoms with E-state index in [2.05, 4.69) is 48.2 Å². The van der Waals surface area contributed by atoms with Gasteiger partial charge in [-0.2, -0.15) is 11.8 Å². The van der Waals surface area contributed by atoms with Gasteiger partial charge in [-0.15, -0.1) is 24.0 Å². The van der Waals surface area contributed by atoms with Gasteiger partial charge in [0.05, 0.1) is 6.54 Å². The van der Waals surface area contributed by atoms with Gasteiger partial charge in [-0.3, -0.25) is 4.99 Å². The molecule has 23 heavy (non-hydrogen) atoms. The van der Waals surface area contributed by atoms with Gasteiger partial charge < -0.3 is 15.5 Å². The lowest BCUT2D eigenvalue weighted by molar-refractivity contribution is 0.249. The number of guanidine groups is 1. The maximum Gasteiger partial charge on any atom is 0.191 e. The summed E-state index contributed by atoms with van der Waals surface area (Å²) in [7, 11) is 2.26. The van der Waals surface area contributed by atoms with Gasteiger partial charge in [0.1, 0.15) is 0 Å². The number of aliphatic imine (C=N–C) groups is 1. The second-order valence-corrected chi connectivity index (χ2v) is 8.63. The van der Waals surface area contributed by atoms with Gasteiger partial charge in [0.2, 0.25) is 0 Å². The molecule has 0 radical (unpaired) electrons. The van der Waals surface area contributed by atoms with Crippen molar-refractivity contribution >= 4 is 41.7 Å². The van der Waals surface area contributed by atoms with Crippen LogP contribution in [0.3, 0.4) is 0 Å². The summed E-state index contributed by atoms with van der Waals surface area (Å²) in [6.07, 6.45) is 8.20. The Hall–Kier alpha value is 0.310. The lowest BCUT2D eigenvalue weighted by atomic mass is 10.1. The van der Waals surface area contributed by atoms with Crippen LogP contribution in [0.25, 0.3) is 0 Å². The first kappa shape index (κ1) is 21.4. The number of likely N-dealkylation sites (N-methyl/N-ethyl adjacent to an activating group) is 1. The molecular weight excluding hydrogens is 419 g/mol. The summed E-state index contributed by atoms with van der Waals surface area (Å²) in [4.78, 5) is 7.33. The van der Waals surface area contributed by atoms with Crippen molar-refractivity contribution in [1.82, 2.24) is 15.5 Å². The predicted octanol–water partition coefficient (Wildman–Crippen LogP) is 3.32. The topological polar surface area (TPSA) is 39.7 Å². The van der Waals surface area contributed by atoms with E-state index in [1.54, 1.807) is 0 Å². The van der Waals surface area contributed by atoms with Gasteiger partial charge in [-0.1, -0.05) is 12.8 Å². The molecule has 4 nitrogen and oxygen atoms in total. The quantitative estimate of drug-likeness (QED) is 0.352. The molecule has 6 heteroatoms. The van der Waals surface area contributed by atoms with E-state index in [1.165, 1.54) is 44.3 Å². The van der Waals surface area contributed by atoms with E-state index >= 15 is 0 Å². The van der Waals surface area contributed by atoms with E-state index in [4.69, 9.17) is 4.99 Å². The van der Waals surface area contributed by atoms with Crippen molar-refractivity contribution in [3.8, 4) is 0 Å². The lowest BCUT2D eigenvalue weighted by Crippen LogP contribution is -2.43. The van der Waals surface area contributed by atoms with Crippen molar-refractivity contribution in [2.75, 3.05) is 39.0 Å². The first-order chi connectivity index (χ1) is 10.6. The molecular formula is C17H35IN4S. The standard InChI is InChI=1S/C17H34N4S.HI/c1-4-18-16(20-14-17(2)10-7-13-22-17)19-11-12-21(3)15-8-5-6-9-15;/h15H,4-14H2,1-3H3,(H2,18,19,20);1H. The Morgan fingerprint density at radius 3 is 2.61 bits per heavy atom. The van der Waals surface area contributed by atoms with Crippen molar-refractivity contribution in [3.63, 3.8) is 0 Å². The molecule has 2 N–H and O–H groups in total. The van der Waals surface area contributed by atoms with E-state index in [-0.39, 0.29) is 24.0 Å². The molecule has 0 amide bonds. The predicted molar refractivity (Wildman–Crippen MR) is 114 cm³/mol. The van der Waals surface area contributed by atoms with E-state index in [1.807, 2.05) is 0 Å². The fourth-order valence-corrected chi connectivity index (χ4v) is 4.65. The van der Waals surface area contributed by atoms with Gasteiger partial charge in [0.15, 0.2) is 5.96 Å². The molecule has 0 spiro atoms. The second-order valence-electron chi connectivity index (χ2n) is 6.94. The van der Waals surface area contributed by atoms with Crippen LogP contribution in [0.1, 0.15) is 52.4 Å². The Morgan fingerprint density at radius 1 is 1.26 bits per heavy atom. The summed E-state index contributed by atoms with van der Waals surface area (Å²) in [6.45, 7) is 8.41. The average Bonchev–Trinajstić information content (AvgIpc) is 3.16. The number of hydrogen-bond acceptors (Lipinski definition) is 3. The highest BCUT2D eigenvalue weighted by molar-refractivity contribution is 14.0. The van der Waals surface area contributed by atoms with Gasteiger partial charge in [-0.05, 0) is 52.3 Å². The maximum absolute atomic E-state index is 4.82. The van der Waals surface area contributed by atoms with Crippen LogP contribution < -0.4 is 10.6 Å². The summed E-state index contributed by atoms with van der Waals surface area (Å²) in [5.41, 5.74) is 0. The smallest absolute Gasteiger partial charge is 0.191 e. The van der Waals surface area contributed by atoms with Crippen molar-refractivity contribution in [1.29, 1.82) is 0 Å². The highest BCUT2D eigenvalue weighted by atomic mass is 127. The van der Waals surface area contributed by atoms with Crippen LogP contribution in [0.5, 0.6) is 0 Å². The first-order valence-electron chi connectivity index (χ1n) is 8.99. The number of hydrogen-bond donors (Lipinski definition) is 2. The largest absolute Gasteiger partial charge is 0.357 e. The molecule has 0 aromatic heterocycles. The maximum atomic E-state index is 4.82. The summed E-state index contributed by atoms with van der Waals surface area (Å²) in [5.74, 6) is 2.28. The summed E-state index contributed by atoms with van der Waals surface area (Å²) in [6, 6.07) is 0.801. The third-order valence-electron chi connectivity index (χ3n) is 4.92. The lowest BCUT2D eigenvalue weighted by Gasteiger charge is -2.25. The van der Waals surface area contributed by atoms with Crippen LogP contribution in [0.2, 0.25) is 0 Å².